The van der Waals surface area contributed by atoms with Crippen LogP contribution in [0.1, 0.15) is 23.4 Å². The van der Waals surface area contributed by atoms with Crippen LogP contribution in [-0.2, 0) is 4.79 Å². The average Bonchev–Trinajstić information content (AvgIpc) is 3.08. The van der Waals surface area contributed by atoms with Crippen molar-refractivity contribution in [3.63, 3.8) is 0 Å². The van der Waals surface area contributed by atoms with Crippen LogP contribution >= 0.6 is 11.3 Å². The molecule has 0 unspecified atom stereocenters. The molecule has 96 valence electrons. The molecule has 1 atom stereocenters. The molecule has 4 heteroatoms. The van der Waals surface area contributed by atoms with Gasteiger partial charge in [0.25, 0.3) is 0 Å². The zero-order valence-corrected chi connectivity index (χ0v) is 11.4. The molecule has 0 radical (unpaired) electrons. The number of amides is 1. The van der Waals surface area contributed by atoms with Crippen LogP contribution in [0.4, 0.5) is 0 Å². The molecule has 19 heavy (non-hydrogen) atoms. The molecule has 3 rings (SSSR count). The van der Waals surface area contributed by atoms with Gasteiger partial charge < -0.3 is 0 Å². The van der Waals surface area contributed by atoms with E-state index < -0.39 is 0 Å². The van der Waals surface area contributed by atoms with E-state index in [4.69, 9.17) is 0 Å². The first kappa shape index (κ1) is 12.0. The first-order chi connectivity index (χ1) is 9.25. The van der Waals surface area contributed by atoms with Crippen molar-refractivity contribution in [1.29, 1.82) is 0 Å². The molecular formula is C15H14N2OS. The molecule has 1 amide bonds. The second kappa shape index (κ2) is 4.90. The molecule has 1 N–H and O–H groups in total. The minimum Gasteiger partial charge on any atom is -0.295 e. The molecule has 0 saturated heterocycles. The Labute approximate surface area is 116 Å². The van der Waals surface area contributed by atoms with Gasteiger partial charge in [-0.2, -0.15) is 0 Å². The SMILES string of the molecule is CC(=O)N1NC(c2ccccc2)=C[C@H]1c1cccs1. The number of carbonyl (C=O) groups excluding carboxylic acids is 1. The number of thiophene rings is 1. The summed E-state index contributed by atoms with van der Waals surface area (Å²) in [6.45, 7) is 1.58. The summed E-state index contributed by atoms with van der Waals surface area (Å²) in [6.07, 6.45) is 2.10. The maximum absolute atomic E-state index is 11.8. The summed E-state index contributed by atoms with van der Waals surface area (Å²) in [7, 11) is 0. The molecule has 0 saturated carbocycles. The van der Waals surface area contributed by atoms with Crippen molar-refractivity contribution in [2.45, 2.75) is 13.0 Å². The van der Waals surface area contributed by atoms with E-state index >= 15 is 0 Å². The van der Waals surface area contributed by atoms with E-state index in [1.165, 1.54) is 0 Å². The molecule has 1 aliphatic heterocycles. The highest BCUT2D eigenvalue weighted by molar-refractivity contribution is 7.10. The minimum atomic E-state index is -0.0206. The highest BCUT2D eigenvalue weighted by Gasteiger charge is 2.29. The third-order valence-corrected chi connectivity index (χ3v) is 4.05. The summed E-state index contributed by atoms with van der Waals surface area (Å²) in [4.78, 5) is 12.9. The summed E-state index contributed by atoms with van der Waals surface area (Å²) in [5.74, 6) is 0.0144. The van der Waals surface area contributed by atoms with E-state index in [0.717, 1.165) is 16.1 Å². The second-order valence-electron chi connectivity index (χ2n) is 4.41. The predicted molar refractivity (Wildman–Crippen MR) is 77.1 cm³/mol. The summed E-state index contributed by atoms with van der Waals surface area (Å²) in [5, 5.41) is 3.70. The van der Waals surface area contributed by atoms with Gasteiger partial charge in [-0.1, -0.05) is 36.4 Å². The first-order valence-electron chi connectivity index (χ1n) is 6.13. The summed E-state index contributed by atoms with van der Waals surface area (Å²) >= 11 is 1.66. The molecule has 2 heterocycles. The maximum atomic E-state index is 11.8. The van der Waals surface area contributed by atoms with Crippen LogP contribution in [0.25, 0.3) is 5.70 Å². The van der Waals surface area contributed by atoms with Crippen molar-refractivity contribution in [3.8, 4) is 0 Å². The smallest absolute Gasteiger partial charge is 0.238 e. The van der Waals surface area contributed by atoms with Crippen molar-refractivity contribution in [3.05, 3.63) is 64.4 Å². The molecule has 3 nitrogen and oxygen atoms in total. The maximum Gasteiger partial charge on any atom is 0.238 e. The Morgan fingerprint density at radius 2 is 2.00 bits per heavy atom. The van der Waals surface area contributed by atoms with Gasteiger partial charge in [0.2, 0.25) is 5.91 Å². The number of hydrogen-bond donors (Lipinski definition) is 1. The van der Waals surface area contributed by atoms with Crippen LogP contribution in [0.3, 0.4) is 0 Å². The van der Waals surface area contributed by atoms with Crippen molar-refractivity contribution in [2.75, 3.05) is 0 Å². The lowest BCUT2D eigenvalue weighted by molar-refractivity contribution is -0.131. The monoisotopic (exact) mass is 270 g/mol. The van der Waals surface area contributed by atoms with E-state index in [1.54, 1.807) is 23.3 Å². The molecule has 1 aromatic heterocycles. The highest BCUT2D eigenvalue weighted by Crippen LogP contribution is 2.33. The fourth-order valence-electron chi connectivity index (χ4n) is 2.19. The number of benzene rings is 1. The third-order valence-electron chi connectivity index (χ3n) is 3.10. The molecule has 2 aromatic rings. The molecule has 0 aliphatic carbocycles. The molecule has 1 aliphatic rings. The number of carbonyl (C=O) groups is 1. The van der Waals surface area contributed by atoms with Crippen LogP contribution in [0.5, 0.6) is 0 Å². The van der Waals surface area contributed by atoms with Gasteiger partial charge in [-0.25, -0.2) is 5.01 Å². The summed E-state index contributed by atoms with van der Waals surface area (Å²) < 4.78 is 0. The van der Waals surface area contributed by atoms with Crippen LogP contribution in [0, 0.1) is 0 Å². The van der Waals surface area contributed by atoms with Gasteiger partial charge in [0.15, 0.2) is 0 Å². The normalized spacial score (nSPS) is 18.1. The lowest BCUT2D eigenvalue weighted by atomic mass is 10.1. The second-order valence-corrected chi connectivity index (χ2v) is 5.39. The van der Waals surface area contributed by atoms with Gasteiger partial charge >= 0.3 is 0 Å². The molecule has 1 aromatic carbocycles. The number of hydrogen-bond acceptors (Lipinski definition) is 3. The summed E-state index contributed by atoms with van der Waals surface area (Å²) in [6, 6.07) is 14.1. The van der Waals surface area contributed by atoms with Gasteiger partial charge in [0.05, 0.1) is 5.70 Å². The lowest BCUT2D eigenvalue weighted by Gasteiger charge is -2.22. The number of nitrogens with zero attached hydrogens (tertiary/aromatic N) is 1. The predicted octanol–water partition coefficient (Wildman–Crippen LogP) is 3.20. The number of nitrogens with one attached hydrogen (secondary N) is 1. The van der Waals surface area contributed by atoms with E-state index in [1.807, 2.05) is 41.8 Å². The van der Waals surface area contributed by atoms with Gasteiger partial charge in [-0.05, 0) is 23.1 Å². The Kier molecular flexibility index (Phi) is 3.09. The van der Waals surface area contributed by atoms with Gasteiger partial charge in [0.1, 0.15) is 6.04 Å². The Hall–Kier alpha value is -2.07. The highest BCUT2D eigenvalue weighted by atomic mass is 32.1. The first-order valence-corrected chi connectivity index (χ1v) is 7.01. The zero-order chi connectivity index (χ0) is 13.2. The van der Waals surface area contributed by atoms with E-state index in [-0.39, 0.29) is 11.9 Å². The Morgan fingerprint density at radius 3 is 2.63 bits per heavy atom. The Morgan fingerprint density at radius 1 is 1.21 bits per heavy atom. The van der Waals surface area contributed by atoms with E-state index in [0.29, 0.717) is 0 Å². The fraction of sp³-hybridized carbons (Fsp3) is 0.133. The Balaban J connectivity index is 1.96. The van der Waals surface area contributed by atoms with Crippen molar-refractivity contribution >= 4 is 22.9 Å². The van der Waals surface area contributed by atoms with Gasteiger partial charge in [0, 0.05) is 11.8 Å². The standard InChI is InChI=1S/C15H14N2OS/c1-11(18)17-14(15-8-5-9-19-15)10-13(16-17)12-6-3-2-4-7-12/h2-10,14,16H,1H3/t14-/m0/s1. The van der Waals surface area contributed by atoms with Crippen molar-refractivity contribution in [2.24, 2.45) is 0 Å². The largest absolute Gasteiger partial charge is 0.295 e. The molecular weight excluding hydrogens is 256 g/mol. The lowest BCUT2D eigenvalue weighted by Crippen LogP contribution is -2.37. The quantitative estimate of drug-likeness (QED) is 0.909. The number of hydrazine groups is 1. The minimum absolute atomic E-state index is 0.0144. The zero-order valence-electron chi connectivity index (χ0n) is 10.5. The third kappa shape index (κ3) is 2.27. The van der Waals surface area contributed by atoms with Crippen LogP contribution in [0.2, 0.25) is 0 Å². The van der Waals surface area contributed by atoms with Gasteiger partial charge in [-0.3, -0.25) is 10.2 Å². The van der Waals surface area contributed by atoms with Crippen LogP contribution in [-0.4, -0.2) is 10.9 Å². The van der Waals surface area contributed by atoms with Crippen LogP contribution in [0.15, 0.2) is 53.9 Å². The van der Waals surface area contributed by atoms with Crippen molar-refractivity contribution < 1.29 is 4.79 Å². The van der Waals surface area contributed by atoms with Crippen LogP contribution < -0.4 is 5.43 Å². The van der Waals surface area contributed by atoms with Crippen molar-refractivity contribution in [1.82, 2.24) is 10.4 Å². The molecule has 0 fully saturated rings. The van der Waals surface area contributed by atoms with Gasteiger partial charge in [-0.15, -0.1) is 11.3 Å². The fourth-order valence-corrected chi connectivity index (χ4v) is 2.98. The summed E-state index contributed by atoms with van der Waals surface area (Å²) in [5.41, 5.74) is 5.27. The van der Waals surface area contributed by atoms with E-state index in [9.17, 15) is 4.79 Å². The topological polar surface area (TPSA) is 32.3 Å². The Bertz CT molecular complexity index is 604. The molecule has 0 bridgehead atoms. The molecule has 0 spiro atoms. The average molecular weight is 270 g/mol. The van der Waals surface area contributed by atoms with E-state index in [2.05, 4.69) is 17.6 Å². The number of rotatable bonds is 2.